The molecule has 0 spiro atoms. The van der Waals surface area contributed by atoms with E-state index in [1.165, 1.54) is 30.8 Å². The number of carbonyl (C=O) groups excluding carboxylic acids is 2. The van der Waals surface area contributed by atoms with Crippen LogP contribution in [0.2, 0.25) is 0 Å². The van der Waals surface area contributed by atoms with Crippen molar-refractivity contribution in [3.8, 4) is 0 Å². The van der Waals surface area contributed by atoms with E-state index in [1.54, 1.807) is 0 Å². The number of aliphatic imine (C=N–C) groups is 1. The molecule has 1 heterocycles. The molecule has 0 aromatic heterocycles. The third kappa shape index (κ3) is 1.69. The lowest BCUT2D eigenvalue weighted by atomic mass is 10.4. The van der Waals surface area contributed by atoms with E-state index in [0.29, 0.717) is 0 Å². The molecule has 12 heavy (non-hydrogen) atoms. The Bertz CT molecular complexity index is 280. The van der Waals surface area contributed by atoms with E-state index in [4.69, 9.17) is 5.73 Å². The van der Waals surface area contributed by atoms with E-state index in [-0.39, 0.29) is 11.6 Å². The molecular formula is C7H8N3O2. The molecule has 0 aliphatic carbocycles. The summed E-state index contributed by atoms with van der Waals surface area (Å²) in [5.74, 6) is -0.892. The van der Waals surface area contributed by atoms with E-state index in [9.17, 15) is 9.59 Å². The second-order valence-corrected chi connectivity index (χ2v) is 2.27. The number of nitrogens with two attached hydrogens (primary N) is 1. The van der Waals surface area contributed by atoms with Crippen LogP contribution in [-0.4, -0.2) is 30.0 Å². The average Bonchev–Trinajstić information content (AvgIpc) is 2.15. The Labute approximate surface area is 69.6 Å². The van der Waals surface area contributed by atoms with E-state index < -0.39 is 5.91 Å². The number of hydrogen-bond acceptors (Lipinski definition) is 3. The van der Waals surface area contributed by atoms with Crippen molar-refractivity contribution in [2.45, 2.75) is 0 Å². The molecule has 0 atom stereocenters. The zero-order chi connectivity index (χ0) is 9.14. The van der Waals surface area contributed by atoms with Crippen molar-refractivity contribution in [3.05, 3.63) is 18.3 Å². The van der Waals surface area contributed by atoms with Crippen molar-refractivity contribution in [2.75, 3.05) is 7.05 Å². The lowest BCUT2D eigenvalue weighted by molar-refractivity contribution is -0.123. The van der Waals surface area contributed by atoms with Gasteiger partial charge in [-0.15, -0.1) is 0 Å². The summed E-state index contributed by atoms with van der Waals surface area (Å²) in [7, 11) is 1.52. The van der Waals surface area contributed by atoms with E-state index >= 15 is 0 Å². The first kappa shape index (κ1) is 8.45. The first-order chi connectivity index (χ1) is 5.61. The maximum Gasteiger partial charge on any atom is 0.268 e. The highest BCUT2D eigenvalue weighted by Gasteiger charge is 2.12. The number of hydrogen-bond donors (Lipinski definition) is 1. The van der Waals surface area contributed by atoms with Crippen molar-refractivity contribution in [1.29, 1.82) is 0 Å². The molecule has 5 heteroatoms. The average molecular weight is 166 g/mol. The number of primary amides is 1. The quantitative estimate of drug-likeness (QED) is 0.545. The Morgan fingerprint density at radius 2 is 2.33 bits per heavy atom. The molecular weight excluding hydrogens is 158 g/mol. The molecule has 2 N–H and O–H groups in total. The van der Waals surface area contributed by atoms with Gasteiger partial charge in [0, 0.05) is 19.5 Å². The fourth-order valence-electron chi connectivity index (χ4n) is 0.707. The Morgan fingerprint density at radius 3 is 2.92 bits per heavy atom. The maximum absolute atomic E-state index is 11.0. The summed E-state index contributed by atoms with van der Waals surface area (Å²) in [6.07, 6.45) is 3.81. The van der Waals surface area contributed by atoms with E-state index in [1.807, 2.05) is 0 Å². The minimum Gasteiger partial charge on any atom is -0.364 e. The highest BCUT2D eigenvalue weighted by atomic mass is 16.2. The van der Waals surface area contributed by atoms with Gasteiger partial charge in [-0.3, -0.25) is 14.6 Å². The molecule has 63 valence electrons. The molecule has 0 saturated carbocycles. The van der Waals surface area contributed by atoms with Crippen molar-refractivity contribution in [3.63, 3.8) is 0 Å². The molecule has 0 aromatic rings. The molecule has 1 aliphatic heterocycles. The molecule has 0 fully saturated rings. The number of carbonyl (C=O) groups is 2. The Balaban J connectivity index is 2.93. The van der Waals surface area contributed by atoms with Gasteiger partial charge in [0.2, 0.25) is 5.91 Å². The predicted octanol–water partition coefficient (Wildman–Crippen LogP) is -0.940. The van der Waals surface area contributed by atoms with Crippen molar-refractivity contribution in [2.24, 2.45) is 10.7 Å². The summed E-state index contributed by atoms with van der Waals surface area (Å²) in [5.41, 5.74) is 5.04. The fourth-order valence-corrected chi connectivity index (χ4v) is 0.707. The highest BCUT2D eigenvalue weighted by Crippen LogP contribution is 2.03. The van der Waals surface area contributed by atoms with Crippen molar-refractivity contribution < 1.29 is 9.59 Å². The Morgan fingerprint density at radius 1 is 1.67 bits per heavy atom. The van der Waals surface area contributed by atoms with Gasteiger partial charge in [-0.25, -0.2) is 0 Å². The van der Waals surface area contributed by atoms with E-state index in [0.717, 1.165) is 0 Å². The van der Waals surface area contributed by atoms with Crippen molar-refractivity contribution in [1.82, 2.24) is 4.90 Å². The molecule has 0 unspecified atom stereocenters. The zero-order valence-corrected chi connectivity index (χ0v) is 6.52. The van der Waals surface area contributed by atoms with Gasteiger partial charge < -0.3 is 10.6 Å². The van der Waals surface area contributed by atoms with Crippen LogP contribution >= 0.6 is 0 Å². The number of rotatable bonds is 1. The van der Waals surface area contributed by atoms with Gasteiger partial charge in [0.25, 0.3) is 5.91 Å². The molecule has 2 amide bonds. The lowest BCUT2D eigenvalue weighted by Gasteiger charge is -2.07. The molecule has 0 saturated heterocycles. The Hall–Kier alpha value is -1.65. The van der Waals surface area contributed by atoms with Crippen LogP contribution in [0.3, 0.4) is 0 Å². The van der Waals surface area contributed by atoms with Gasteiger partial charge in [0.1, 0.15) is 5.70 Å². The third-order valence-corrected chi connectivity index (χ3v) is 1.35. The second kappa shape index (κ2) is 3.17. The first-order valence-corrected chi connectivity index (χ1v) is 3.27. The van der Waals surface area contributed by atoms with Crippen LogP contribution < -0.4 is 5.73 Å². The topological polar surface area (TPSA) is 75.8 Å². The molecule has 1 radical (unpaired) electrons. The molecule has 5 nitrogen and oxygen atoms in total. The Kier molecular flexibility index (Phi) is 2.23. The maximum atomic E-state index is 11.0. The summed E-state index contributed by atoms with van der Waals surface area (Å²) in [6.45, 7) is 0. The molecule has 0 aromatic carbocycles. The van der Waals surface area contributed by atoms with Crippen LogP contribution in [0, 0.1) is 6.42 Å². The first-order valence-electron chi connectivity index (χ1n) is 3.27. The standard InChI is InChI=1S/C7H8N3O2/c1-10-4-5(7(8)12)9-3-2-6(10)11/h2-4H,1H3,(H2,8,12). The highest BCUT2D eigenvalue weighted by molar-refractivity contribution is 6.05. The van der Waals surface area contributed by atoms with Crippen LogP contribution in [0.15, 0.2) is 16.9 Å². The van der Waals surface area contributed by atoms with Crippen LogP contribution in [-0.2, 0) is 9.59 Å². The van der Waals surface area contributed by atoms with Gasteiger partial charge in [-0.2, -0.15) is 0 Å². The normalized spacial score (nSPS) is 17.2. The fraction of sp³-hybridized carbons (Fsp3) is 0.143. The van der Waals surface area contributed by atoms with Crippen molar-refractivity contribution >= 4 is 18.0 Å². The number of nitrogens with zero attached hydrogens (tertiary/aromatic N) is 2. The minimum absolute atomic E-state index is 0.0691. The summed E-state index contributed by atoms with van der Waals surface area (Å²) < 4.78 is 0. The molecule has 1 aliphatic rings. The summed E-state index contributed by atoms with van der Waals surface area (Å²) in [5, 5.41) is 0. The van der Waals surface area contributed by atoms with Gasteiger partial charge in [0.05, 0.1) is 6.42 Å². The summed E-state index contributed by atoms with van der Waals surface area (Å²) >= 11 is 0. The minimum atomic E-state index is -0.652. The van der Waals surface area contributed by atoms with Crippen LogP contribution in [0.4, 0.5) is 0 Å². The van der Waals surface area contributed by atoms with Gasteiger partial charge in [-0.05, 0) is 0 Å². The monoisotopic (exact) mass is 166 g/mol. The predicted molar refractivity (Wildman–Crippen MR) is 42.8 cm³/mol. The molecule has 1 rings (SSSR count). The largest absolute Gasteiger partial charge is 0.364 e. The van der Waals surface area contributed by atoms with Gasteiger partial charge in [0.15, 0.2) is 0 Å². The summed E-state index contributed by atoms with van der Waals surface area (Å²) in [6, 6.07) is 0. The second-order valence-electron chi connectivity index (χ2n) is 2.27. The van der Waals surface area contributed by atoms with Crippen LogP contribution in [0.1, 0.15) is 0 Å². The van der Waals surface area contributed by atoms with Crippen LogP contribution in [0.25, 0.3) is 0 Å². The lowest BCUT2D eigenvalue weighted by Crippen LogP contribution is -2.22. The van der Waals surface area contributed by atoms with Gasteiger partial charge in [-0.1, -0.05) is 0 Å². The zero-order valence-electron chi connectivity index (χ0n) is 6.52. The summed E-state index contributed by atoms with van der Waals surface area (Å²) in [4.78, 5) is 26.5. The van der Waals surface area contributed by atoms with Crippen LogP contribution in [0.5, 0.6) is 0 Å². The smallest absolute Gasteiger partial charge is 0.268 e. The van der Waals surface area contributed by atoms with Gasteiger partial charge >= 0.3 is 0 Å². The molecule has 0 bridgehead atoms. The number of amides is 2. The third-order valence-electron chi connectivity index (χ3n) is 1.35. The SMILES string of the molecule is CN1C=C(C(N)=O)N=C[CH]C1=O. The van der Waals surface area contributed by atoms with E-state index in [2.05, 4.69) is 4.99 Å².